The molecule has 0 aliphatic rings. The lowest BCUT2D eigenvalue weighted by Crippen LogP contribution is -2.19. The number of aromatic nitrogens is 12. The number of nitro groups is 2. The fraction of sp³-hybridized carbons (Fsp3) is 0.231. The summed E-state index contributed by atoms with van der Waals surface area (Å²) in [5, 5.41) is 44.8. The minimum Gasteiger partial charge on any atom is -0.478 e. The van der Waals surface area contributed by atoms with E-state index in [4.69, 9.17) is 38.3 Å². The van der Waals surface area contributed by atoms with Crippen LogP contribution in [0.3, 0.4) is 0 Å². The van der Waals surface area contributed by atoms with Gasteiger partial charge in [0, 0.05) is 79.9 Å². The predicted molar refractivity (Wildman–Crippen MR) is 450 cm³/mol. The zero-order valence-corrected chi connectivity index (χ0v) is 68.0. The summed E-state index contributed by atoms with van der Waals surface area (Å²) in [4.78, 5) is 80.1. The number of nitro benzene ring substituents is 2. The van der Waals surface area contributed by atoms with Crippen molar-refractivity contribution in [1.29, 1.82) is 0 Å². The van der Waals surface area contributed by atoms with Crippen LogP contribution in [-0.2, 0) is 44.7 Å². The Morgan fingerprint density at radius 2 is 0.738 bits per heavy atom. The molecular formula is C78H76F15N21O15S. The number of ether oxygens (including phenoxy) is 7. The Bertz CT molecular complexity index is 6410. The number of nitrogens with one attached hydrogen (secondary N) is 5. The van der Waals surface area contributed by atoms with Gasteiger partial charge < -0.3 is 88.5 Å². The highest BCUT2D eigenvalue weighted by Crippen LogP contribution is 2.37. The molecule has 0 aliphatic heterocycles. The molecule has 694 valence electrons. The molecule has 0 fully saturated rings. The first-order valence-corrected chi connectivity index (χ1v) is 36.4. The highest BCUT2D eigenvalue weighted by molar-refractivity contribution is 7.80. The van der Waals surface area contributed by atoms with E-state index in [1.807, 2.05) is 17.7 Å². The molecule has 6 heterocycles. The molecular weight excluding hydrogens is 1790 g/mol. The Morgan fingerprint density at radius 3 is 1.08 bits per heavy atom. The van der Waals surface area contributed by atoms with Crippen LogP contribution in [0.4, 0.5) is 130 Å². The van der Waals surface area contributed by atoms with Crippen molar-refractivity contribution in [3.63, 3.8) is 0 Å². The number of imidazole rings is 6. The molecule has 0 unspecified atom stereocenters. The lowest BCUT2D eigenvalue weighted by atomic mass is 10.2. The van der Waals surface area contributed by atoms with Gasteiger partial charge in [-0.3, -0.25) is 35.4 Å². The Morgan fingerprint density at radius 1 is 0.431 bits per heavy atom. The smallest absolute Gasteiger partial charge is 0.478 e. The van der Waals surface area contributed by atoms with E-state index in [1.165, 1.54) is 67.7 Å². The van der Waals surface area contributed by atoms with Gasteiger partial charge in [0.15, 0.2) is 5.11 Å². The molecule has 36 nitrogen and oxygen atoms in total. The van der Waals surface area contributed by atoms with Crippen LogP contribution in [-0.4, -0.2) is 154 Å². The fourth-order valence-corrected chi connectivity index (χ4v) is 11.6. The number of fused-ring (bicyclic) bond motifs is 5. The van der Waals surface area contributed by atoms with Crippen LogP contribution >= 0.6 is 12.2 Å². The number of nitrogen functional groups attached to an aromatic ring is 2. The molecule has 0 spiro atoms. The topological polar surface area (TPSA) is 441 Å². The van der Waals surface area contributed by atoms with Gasteiger partial charge in [0.2, 0.25) is 29.7 Å². The summed E-state index contributed by atoms with van der Waals surface area (Å²) in [6.45, 7) is 4.12. The van der Waals surface area contributed by atoms with Gasteiger partial charge in [-0.25, -0.2) is 44.3 Å². The number of nitrogens with two attached hydrogens (primary N) is 2. The monoisotopic (exact) mass is 1860 g/mol. The average molecular weight is 1860 g/mol. The van der Waals surface area contributed by atoms with E-state index in [-0.39, 0.29) is 67.3 Å². The number of anilines is 9. The lowest BCUT2D eigenvalue weighted by molar-refractivity contribution is -0.384. The molecule has 0 saturated heterocycles. The molecule has 0 aliphatic carbocycles. The number of carboxylic acid groups (broad SMARTS) is 1. The standard InChI is InChI=1S/C20H18F3N5O3.C18H14F3N5O3.C15H15N5O2S.C8H7F3N2O3.C8H9F3N2O.C7H5F3N2O3.2CH4/c1-4-30-17(29)11-5-7-15-13(9-11)24-18(27(15)2)26-19-25-14-10-12(31-20(21,22)23)6-8-16(14)28(19)3;1-25-13-5-3-9(15(27)28)7-11(13)22-16(25)24-17-23-12-8-10(29-18(19,20)21)4-6-14(12)26(17)2;1-3-22-13(21)10-4-5-12-11(8-10)17-14(19(12)2)18-15(23)20-7-6-16-9-20;1-12-6-3-2-5(16-8(9,10)11)4-7(6)13(14)15;1-13-7-3-2-5(4-6(7)12)14-8(9,10)11;8-7(9,10)15-4-1-2-5(11)6(3-4)12(13)14;;/h5-10H,4H2,1-3H3,(H,24,25,26);3-8H,1-2H3,(H,27,28)(H,22,23,24);4-9H,3H2,1-2H3,(H,17,18,23);2-4,12H,1H3;2-4,13H,12H2,1H3;1-3H,11H2;2*1H4. The molecule has 8 aromatic carbocycles. The molecule has 0 atom stereocenters. The first-order chi connectivity index (χ1) is 59.9. The zero-order chi connectivity index (χ0) is 94.4. The minimum atomic E-state index is -4.88. The number of rotatable bonds is 19. The van der Waals surface area contributed by atoms with E-state index in [0.29, 0.717) is 115 Å². The number of hydrogen-bond acceptors (Lipinski definition) is 27. The van der Waals surface area contributed by atoms with Gasteiger partial charge in [-0.05, 0) is 141 Å². The van der Waals surface area contributed by atoms with Crippen molar-refractivity contribution in [3.8, 4) is 28.7 Å². The van der Waals surface area contributed by atoms with Gasteiger partial charge in [0.05, 0.1) is 118 Å². The van der Waals surface area contributed by atoms with Crippen LogP contribution in [0.15, 0.2) is 164 Å². The van der Waals surface area contributed by atoms with Crippen molar-refractivity contribution in [3.05, 3.63) is 201 Å². The van der Waals surface area contributed by atoms with Crippen molar-refractivity contribution in [2.24, 2.45) is 35.2 Å². The highest BCUT2D eigenvalue weighted by atomic mass is 32.1. The Hall–Kier alpha value is -15.8. The third-order valence-electron chi connectivity index (χ3n) is 17.1. The summed E-state index contributed by atoms with van der Waals surface area (Å²) >= 11 is 5.31. The molecule has 52 heteroatoms. The number of carboxylic acids is 1. The molecule has 0 amide bonds. The number of aromatic carboxylic acids is 1. The van der Waals surface area contributed by atoms with Crippen molar-refractivity contribution >= 4 is 154 Å². The van der Waals surface area contributed by atoms with Crippen molar-refractivity contribution in [2.45, 2.75) is 60.5 Å². The number of carbonyl (C=O) groups is 3. The second-order valence-electron chi connectivity index (χ2n) is 25.7. The fourth-order valence-electron chi connectivity index (χ4n) is 11.4. The number of nitrogens with zero attached hydrogens (tertiary/aromatic N) is 14. The molecule has 10 N–H and O–H groups in total. The Kier molecular flexibility index (Phi) is 32.7. The van der Waals surface area contributed by atoms with Crippen molar-refractivity contribution in [2.75, 3.05) is 65.4 Å². The largest absolute Gasteiger partial charge is 0.573 e. The van der Waals surface area contributed by atoms with Gasteiger partial charge >= 0.3 is 49.7 Å². The van der Waals surface area contributed by atoms with Crippen molar-refractivity contribution in [1.82, 2.24) is 57.3 Å². The molecule has 0 saturated carbocycles. The normalized spacial score (nSPS) is 11.2. The van der Waals surface area contributed by atoms with Crippen LogP contribution in [0.5, 0.6) is 28.7 Å². The first kappa shape index (κ1) is 101. The maximum Gasteiger partial charge on any atom is 0.573 e. The quantitative estimate of drug-likeness (QED) is 0.00930. The van der Waals surface area contributed by atoms with E-state index < -0.39 is 76.5 Å². The van der Waals surface area contributed by atoms with E-state index in [9.17, 15) is 100 Å². The Balaban J connectivity index is 0.000000219. The summed E-state index contributed by atoms with van der Waals surface area (Å²) in [7, 11) is 11.9. The number of benzene rings is 8. The average Bonchev–Trinajstić information content (AvgIpc) is 1.63. The number of hydrogen-bond donors (Lipinski definition) is 8. The zero-order valence-electron chi connectivity index (χ0n) is 67.2. The second-order valence-corrected chi connectivity index (χ2v) is 26.1. The summed E-state index contributed by atoms with van der Waals surface area (Å²) < 4.78 is 220. The van der Waals surface area contributed by atoms with E-state index in [1.54, 1.807) is 127 Å². The van der Waals surface area contributed by atoms with Gasteiger partial charge in [0.25, 0.3) is 11.4 Å². The number of carbonyl (C=O) groups excluding carboxylic acids is 2. The first-order valence-electron chi connectivity index (χ1n) is 36.0. The van der Waals surface area contributed by atoms with Crippen LogP contribution in [0.25, 0.3) is 55.2 Å². The van der Waals surface area contributed by atoms with Gasteiger partial charge in [-0.1, -0.05) is 14.9 Å². The predicted octanol–water partition coefficient (Wildman–Crippen LogP) is 18.4. The van der Waals surface area contributed by atoms with Crippen LogP contribution in [0, 0.1) is 20.2 Å². The van der Waals surface area contributed by atoms with Gasteiger partial charge in [0.1, 0.15) is 46.4 Å². The van der Waals surface area contributed by atoms with E-state index >= 15 is 0 Å². The van der Waals surface area contributed by atoms with Crippen LogP contribution < -0.4 is 61.7 Å². The molecule has 14 aromatic rings. The van der Waals surface area contributed by atoms with E-state index in [0.717, 1.165) is 41.4 Å². The molecule has 6 aromatic heterocycles. The number of esters is 2. The second kappa shape index (κ2) is 42.0. The summed E-state index contributed by atoms with van der Waals surface area (Å²) in [6.07, 6.45) is -19.0. The third-order valence-corrected chi connectivity index (χ3v) is 17.4. The molecule has 0 radical (unpaired) electrons. The molecule has 0 bridgehead atoms. The van der Waals surface area contributed by atoms with Crippen LogP contribution in [0.1, 0.15) is 59.8 Å². The summed E-state index contributed by atoms with van der Waals surface area (Å²) in [5.41, 5.74) is 17.1. The number of halogens is 15. The van der Waals surface area contributed by atoms with Crippen molar-refractivity contribution < 1.29 is 128 Å². The molecule has 14 rings (SSSR count). The lowest BCUT2D eigenvalue weighted by Gasteiger charge is -2.10. The Labute approximate surface area is 728 Å². The maximum atomic E-state index is 12.5. The minimum absolute atomic E-state index is 0. The maximum absolute atomic E-state index is 12.5. The summed E-state index contributed by atoms with van der Waals surface area (Å²) in [6, 6.07) is 31.8. The van der Waals surface area contributed by atoms with Gasteiger partial charge in [-0.2, -0.15) is 0 Å². The van der Waals surface area contributed by atoms with Gasteiger partial charge in [-0.15, -0.1) is 65.9 Å². The van der Waals surface area contributed by atoms with E-state index in [2.05, 4.69) is 80.2 Å². The SMILES string of the molecule is C.C.CCOC(=O)c1ccc2c(c1)nc(NC(=S)n1ccnc1)n2C.CCOC(=O)c1ccc2c(c1)nc(Nc1nc3cc(OC(F)(F)F)ccc3n1C)n2C.CNc1ccc(OC(F)(F)F)cc1N.CNc1ccc(OC(F)(F)F)cc1[N+](=O)[O-].Cn1c(Nc2nc3cc(C(=O)O)ccc3n2C)nc2cc(OC(F)(F)F)ccc21.Nc1ccc(OC(F)(F)F)cc1[N+](=O)[O-]. The summed E-state index contributed by atoms with van der Waals surface area (Å²) in [5.74, 6) is -2.04. The number of thiocarbonyl (C=S) groups is 1. The molecule has 130 heavy (non-hydrogen) atoms. The highest BCUT2D eigenvalue weighted by Gasteiger charge is 2.36. The third kappa shape index (κ3) is 27.1. The number of alkyl halides is 15. The van der Waals surface area contributed by atoms with Crippen LogP contribution in [0.2, 0.25) is 0 Å². The number of aryl methyl sites for hydroxylation is 5.